The molecule has 0 radical (unpaired) electrons. The van der Waals surface area contributed by atoms with Crippen LogP contribution in [0.5, 0.6) is 0 Å². The number of nitrogens with one attached hydrogen (secondary N) is 1. The number of rotatable bonds is 6. The van der Waals surface area contributed by atoms with Crippen molar-refractivity contribution in [3.63, 3.8) is 0 Å². The molecule has 2 aliphatic carbocycles. The molecule has 5 nitrogen and oxygen atoms in total. The number of benzene rings is 1. The summed E-state index contributed by atoms with van der Waals surface area (Å²) < 4.78 is 26.4. The van der Waals surface area contributed by atoms with E-state index in [1.807, 2.05) is 32.9 Å². The van der Waals surface area contributed by atoms with Crippen molar-refractivity contribution in [3.8, 4) is 0 Å². The zero-order valence-electron chi connectivity index (χ0n) is 16.2. The molecule has 0 unspecified atom stereocenters. The highest BCUT2D eigenvalue weighted by atomic mass is 32.2. The van der Waals surface area contributed by atoms with Gasteiger partial charge in [-0.1, -0.05) is 19.4 Å². The minimum Gasteiger partial charge on any atom is -0.351 e. The number of carbonyl (C=O) groups excluding carboxylic acids is 1. The van der Waals surface area contributed by atoms with Crippen LogP contribution < -0.4 is 9.62 Å². The zero-order chi connectivity index (χ0) is 19.1. The molecule has 2 saturated carbocycles. The molecule has 144 valence electrons. The minimum atomic E-state index is -3.58. The molecule has 3 rings (SSSR count). The van der Waals surface area contributed by atoms with E-state index < -0.39 is 16.1 Å². The van der Waals surface area contributed by atoms with Gasteiger partial charge >= 0.3 is 0 Å². The summed E-state index contributed by atoms with van der Waals surface area (Å²) in [4.78, 5) is 13.0. The molecule has 26 heavy (non-hydrogen) atoms. The number of nitrogens with zero attached hydrogens (tertiary/aromatic N) is 1. The second-order valence-corrected chi connectivity index (χ2v) is 9.90. The number of hydrogen-bond donors (Lipinski definition) is 1. The summed E-state index contributed by atoms with van der Waals surface area (Å²) in [6, 6.07) is 5.03. The molecule has 0 spiro atoms. The smallest absolute Gasteiger partial charge is 0.244 e. The molecule has 2 bridgehead atoms. The Morgan fingerprint density at radius 1 is 1.23 bits per heavy atom. The van der Waals surface area contributed by atoms with Crippen LogP contribution in [0.25, 0.3) is 0 Å². The molecule has 1 aromatic rings. The van der Waals surface area contributed by atoms with Crippen LogP contribution in [0.4, 0.5) is 5.69 Å². The Hall–Kier alpha value is -1.56. The van der Waals surface area contributed by atoms with Crippen molar-refractivity contribution >= 4 is 21.6 Å². The predicted molar refractivity (Wildman–Crippen MR) is 105 cm³/mol. The third-order valence-electron chi connectivity index (χ3n) is 6.14. The quantitative estimate of drug-likeness (QED) is 0.827. The van der Waals surface area contributed by atoms with Crippen LogP contribution in [0.2, 0.25) is 0 Å². The lowest BCUT2D eigenvalue weighted by Crippen LogP contribution is -2.52. The molecule has 0 heterocycles. The van der Waals surface area contributed by atoms with E-state index in [9.17, 15) is 13.2 Å². The summed E-state index contributed by atoms with van der Waals surface area (Å²) >= 11 is 0. The van der Waals surface area contributed by atoms with Crippen molar-refractivity contribution in [2.45, 2.75) is 65.0 Å². The summed E-state index contributed by atoms with van der Waals surface area (Å²) in [5.41, 5.74) is 2.67. The van der Waals surface area contributed by atoms with Crippen molar-refractivity contribution in [3.05, 3.63) is 29.3 Å². The maximum Gasteiger partial charge on any atom is 0.244 e. The van der Waals surface area contributed by atoms with E-state index in [-0.39, 0.29) is 11.9 Å². The van der Waals surface area contributed by atoms with Gasteiger partial charge in [-0.2, -0.15) is 0 Å². The van der Waals surface area contributed by atoms with E-state index in [0.717, 1.165) is 23.5 Å². The number of aryl methyl sites for hydroxylation is 2. The van der Waals surface area contributed by atoms with E-state index in [0.29, 0.717) is 18.0 Å². The molecule has 2 aliphatic rings. The van der Waals surface area contributed by atoms with Gasteiger partial charge in [-0.15, -0.1) is 0 Å². The second kappa shape index (κ2) is 7.22. The number of fused-ring (bicyclic) bond motifs is 2. The van der Waals surface area contributed by atoms with Gasteiger partial charge in [0.25, 0.3) is 0 Å². The predicted octanol–water partition coefficient (Wildman–Crippen LogP) is 3.15. The SMILES string of the molecule is CC[C@H](C(=O)N[C@H]1C[C@@H]2CC[C@@H]1C2)N(c1ccc(C)c(C)c1)S(C)(=O)=O. The Bertz CT molecular complexity index is 790. The fourth-order valence-corrected chi connectivity index (χ4v) is 5.83. The number of carbonyl (C=O) groups is 1. The van der Waals surface area contributed by atoms with Gasteiger partial charge in [0.05, 0.1) is 11.9 Å². The van der Waals surface area contributed by atoms with Crippen LogP contribution in [-0.2, 0) is 14.8 Å². The van der Waals surface area contributed by atoms with Crippen LogP contribution >= 0.6 is 0 Å². The molecule has 0 saturated heterocycles. The summed E-state index contributed by atoms with van der Waals surface area (Å²) in [5.74, 6) is 1.12. The molecule has 1 amide bonds. The van der Waals surface area contributed by atoms with Crippen LogP contribution in [-0.4, -0.2) is 32.7 Å². The normalized spacial score (nSPS) is 25.9. The van der Waals surface area contributed by atoms with Crippen LogP contribution in [0.15, 0.2) is 18.2 Å². The third-order valence-corrected chi connectivity index (χ3v) is 7.32. The minimum absolute atomic E-state index is 0.172. The fourth-order valence-electron chi connectivity index (χ4n) is 4.62. The largest absolute Gasteiger partial charge is 0.351 e. The van der Waals surface area contributed by atoms with Gasteiger partial charge in [0.15, 0.2) is 0 Å². The molecule has 2 fully saturated rings. The molecular formula is C20H30N2O3S. The van der Waals surface area contributed by atoms with E-state index >= 15 is 0 Å². The highest BCUT2D eigenvalue weighted by molar-refractivity contribution is 7.92. The topological polar surface area (TPSA) is 66.5 Å². The van der Waals surface area contributed by atoms with Gasteiger partial charge in [-0.3, -0.25) is 9.10 Å². The van der Waals surface area contributed by atoms with Crippen molar-refractivity contribution in [2.24, 2.45) is 11.8 Å². The van der Waals surface area contributed by atoms with E-state index in [4.69, 9.17) is 0 Å². The zero-order valence-corrected chi connectivity index (χ0v) is 17.0. The highest BCUT2D eigenvalue weighted by Crippen LogP contribution is 2.44. The first kappa shape index (κ1) is 19.2. The van der Waals surface area contributed by atoms with E-state index in [1.165, 1.54) is 29.8 Å². The summed E-state index contributed by atoms with van der Waals surface area (Å²) in [5, 5.41) is 3.16. The Labute approximate surface area is 157 Å². The van der Waals surface area contributed by atoms with Crippen molar-refractivity contribution in [2.75, 3.05) is 10.6 Å². The standard InChI is InChI=1S/C20H30N2O3S/c1-5-19(20(23)21-18-12-15-7-8-16(18)11-15)22(26(4,24)25)17-9-6-13(2)14(3)10-17/h6,9-10,15-16,18-19H,5,7-8,11-12H2,1-4H3,(H,21,23)/t15-,16-,18+,19-/m1/s1. The third kappa shape index (κ3) is 3.75. The van der Waals surface area contributed by atoms with Crippen LogP contribution in [0, 0.1) is 25.7 Å². The van der Waals surface area contributed by atoms with E-state index in [1.54, 1.807) is 6.07 Å². The first-order valence-corrected chi connectivity index (χ1v) is 11.4. The molecule has 1 N–H and O–H groups in total. The lowest BCUT2D eigenvalue weighted by Gasteiger charge is -2.32. The Morgan fingerprint density at radius 3 is 2.46 bits per heavy atom. The van der Waals surface area contributed by atoms with Gasteiger partial charge in [0.2, 0.25) is 15.9 Å². The summed E-state index contributed by atoms with van der Waals surface area (Å²) in [6.07, 6.45) is 6.30. The first-order valence-electron chi connectivity index (χ1n) is 9.57. The first-order chi connectivity index (χ1) is 12.2. The average molecular weight is 379 g/mol. The Balaban J connectivity index is 1.85. The van der Waals surface area contributed by atoms with Crippen molar-refractivity contribution in [1.82, 2.24) is 5.32 Å². The second-order valence-electron chi connectivity index (χ2n) is 8.04. The molecule has 6 heteroatoms. The number of sulfonamides is 1. The Morgan fingerprint density at radius 2 is 1.96 bits per heavy atom. The number of amides is 1. The molecule has 1 aromatic carbocycles. The van der Waals surface area contributed by atoms with Crippen molar-refractivity contribution in [1.29, 1.82) is 0 Å². The maximum absolute atomic E-state index is 13.0. The lowest BCUT2D eigenvalue weighted by molar-refractivity contribution is -0.123. The Kier molecular flexibility index (Phi) is 5.33. The van der Waals surface area contributed by atoms with Crippen LogP contribution in [0.3, 0.4) is 0 Å². The van der Waals surface area contributed by atoms with Gasteiger partial charge < -0.3 is 5.32 Å². The van der Waals surface area contributed by atoms with E-state index in [2.05, 4.69) is 5.32 Å². The summed E-state index contributed by atoms with van der Waals surface area (Å²) in [7, 11) is -3.58. The lowest BCUT2D eigenvalue weighted by atomic mass is 9.95. The number of anilines is 1. The van der Waals surface area contributed by atoms with Gasteiger partial charge in [-0.25, -0.2) is 8.42 Å². The maximum atomic E-state index is 13.0. The van der Waals surface area contributed by atoms with Crippen LogP contribution in [0.1, 0.15) is 50.2 Å². The molecular weight excluding hydrogens is 348 g/mol. The number of hydrogen-bond acceptors (Lipinski definition) is 3. The van der Waals surface area contributed by atoms with Crippen molar-refractivity contribution < 1.29 is 13.2 Å². The van der Waals surface area contributed by atoms with Gasteiger partial charge in [0.1, 0.15) is 6.04 Å². The van der Waals surface area contributed by atoms with Gasteiger partial charge in [0, 0.05) is 6.04 Å². The molecule has 0 aromatic heterocycles. The molecule has 4 atom stereocenters. The monoisotopic (exact) mass is 378 g/mol. The summed E-state index contributed by atoms with van der Waals surface area (Å²) in [6.45, 7) is 5.81. The van der Waals surface area contributed by atoms with Gasteiger partial charge in [-0.05, 0) is 74.6 Å². The average Bonchev–Trinajstić information content (AvgIpc) is 3.16. The fraction of sp³-hybridized carbons (Fsp3) is 0.650. The highest BCUT2D eigenvalue weighted by Gasteiger charge is 2.41. The molecule has 0 aliphatic heterocycles.